The molecule has 3 aromatic carbocycles. The summed E-state index contributed by atoms with van der Waals surface area (Å²) in [7, 11) is 0. The molecule has 0 atom stereocenters. The molecule has 30 heavy (non-hydrogen) atoms. The third kappa shape index (κ3) is 4.42. The van der Waals surface area contributed by atoms with Crippen molar-refractivity contribution >= 4 is 35.3 Å². The molecule has 0 fully saturated rings. The van der Waals surface area contributed by atoms with E-state index in [9.17, 15) is 9.59 Å². The molecule has 1 aliphatic rings. The molecule has 0 spiro atoms. The summed E-state index contributed by atoms with van der Waals surface area (Å²) in [4.78, 5) is 25.0. The molecular weight excluding hydrogens is 406 g/mol. The van der Waals surface area contributed by atoms with E-state index in [2.05, 4.69) is 15.8 Å². The monoisotopic (exact) mass is 421 g/mol. The van der Waals surface area contributed by atoms with E-state index >= 15 is 0 Å². The molecule has 150 valence electrons. The maximum atomic E-state index is 12.6. The highest BCUT2D eigenvalue weighted by atomic mass is 35.5. The normalized spacial score (nSPS) is 12.0. The average Bonchev–Trinajstić information content (AvgIpc) is 3.22. The zero-order valence-electron chi connectivity index (χ0n) is 15.6. The summed E-state index contributed by atoms with van der Waals surface area (Å²) in [5.74, 6) is 0.483. The van der Waals surface area contributed by atoms with Crippen LogP contribution in [0.5, 0.6) is 11.5 Å². The Hall–Kier alpha value is -3.84. The number of fused-ring (bicyclic) bond motifs is 1. The molecule has 0 aromatic heterocycles. The average molecular weight is 422 g/mol. The Morgan fingerprint density at radius 2 is 1.70 bits per heavy atom. The zero-order valence-corrected chi connectivity index (χ0v) is 16.3. The van der Waals surface area contributed by atoms with Crippen LogP contribution in [0.25, 0.3) is 0 Å². The van der Waals surface area contributed by atoms with Crippen LogP contribution >= 0.6 is 11.6 Å². The number of ether oxygens (including phenoxy) is 2. The topological polar surface area (TPSA) is 89.0 Å². The lowest BCUT2D eigenvalue weighted by atomic mass is 10.1. The lowest BCUT2D eigenvalue weighted by Crippen LogP contribution is -2.21. The van der Waals surface area contributed by atoms with Gasteiger partial charge in [0.2, 0.25) is 6.79 Å². The van der Waals surface area contributed by atoms with Gasteiger partial charge in [-0.15, -0.1) is 0 Å². The lowest BCUT2D eigenvalue weighted by Gasteiger charge is -2.10. The number of nitrogens with one attached hydrogen (secondary N) is 2. The first-order chi connectivity index (χ1) is 14.6. The molecule has 1 heterocycles. The Morgan fingerprint density at radius 3 is 2.53 bits per heavy atom. The van der Waals surface area contributed by atoms with E-state index in [0.717, 1.165) is 5.56 Å². The number of hydrazone groups is 1. The smallest absolute Gasteiger partial charge is 0.273 e. The number of carbonyl (C=O) groups is 2. The molecule has 2 amide bonds. The second-order valence-corrected chi connectivity index (χ2v) is 6.75. The van der Waals surface area contributed by atoms with Gasteiger partial charge in [0.15, 0.2) is 11.5 Å². The molecule has 0 radical (unpaired) electrons. The van der Waals surface area contributed by atoms with Crippen molar-refractivity contribution in [3.8, 4) is 11.5 Å². The number of halogens is 1. The predicted octanol–water partition coefficient (Wildman–Crippen LogP) is 4.08. The Kier molecular flexibility index (Phi) is 5.63. The Balaban J connectivity index is 1.44. The van der Waals surface area contributed by atoms with E-state index in [1.165, 1.54) is 6.21 Å². The third-order valence-corrected chi connectivity index (χ3v) is 4.55. The van der Waals surface area contributed by atoms with Gasteiger partial charge in [0.05, 0.1) is 17.5 Å². The Labute approximate surface area is 177 Å². The van der Waals surface area contributed by atoms with Gasteiger partial charge in [-0.05, 0) is 60.2 Å². The molecule has 0 saturated heterocycles. The van der Waals surface area contributed by atoms with Crippen LogP contribution in [0.2, 0.25) is 5.02 Å². The summed E-state index contributed by atoms with van der Waals surface area (Å²) in [6.45, 7) is 0.186. The number of para-hydroxylation sites is 1. The van der Waals surface area contributed by atoms with Crippen LogP contribution in [0.15, 0.2) is 71.8 Å². The maximum Gasteiger partial charge on any atom is 0.273 e. The van der Waals surface area contributed by atoms with E-state index in [1.807, 2.05) is 0 Å². The highest BCUT2D eigenvalue weighted by Crippen LogP contribution is 2.32. The molecule has 0 unspecified atom stereocenters. The lowest BCUT2D eigenvalue weighted by molar-refractivity contribution is 0.0956. The van der Waals surface area contributed by atoms with Gasteiger partial charge in [0, 0.05) is 10.6 Å². The molecule has 0 bridgehead atoms. The molecule has 1 aliphatic heterocycles. The van der Waals surface area contributed by atoms with Gasteiger partial charge in [-0.3, -0.25) is 9.59 Å². The van der Waals surface area contributed by atoms with Crippen molar-refractivity contribution in [3.05, 3.63) is 88.4 Å². The van der Waals surface area contributed by atoms with Crippen LogP contribution in [0.3, 0.4) is 0 Å². The van der Waals surface area contributed by atoms with Crippen molar-refractivity contribution in [2.75, 3.05) is 12.1 Å². The van der Waals surface area contributed by atoms with Crippen LogP contribution in [-0.4, -0.2) is 24.8 Å². The summed E-state index contributed by atoms with van der Waals surface area (Å²) >= 11 is 5.85. The largest absolute Gasteiger partial charge is 0.454 e. The first-order valence-electron chi connectivity index (χ1n) is 8.99. The van der Waals surface area contributed by atoms with Crippen molar-refractivity contribution in [1.82, 2.24) is 5.43 Å². The number of hydrogen-bond acceptors (Lipinski definition) is 5. The highest BCUT2D eigenvalue weighted by Gasteiger charge is 2.14. The fourth-order valence-electron chi connectivity index (χ4n) is 2.80. The van der Waals surface area contributed by atoms with Crippen LogP contribution in [0.4, 0.5) is 5.69 Å². The summed E-state index contributed by atoms with van der Waals surface area (Å²) < 4.78 is 10.6. The second kappa shape index (κ2) is 8.67. The molecule has 0 saturated carbocycles. The van der Waals surface area contributed by atoms with E-state index in [-0.39, 0.29) is 18.3 Å². The fraction of sp³-hybridized carbons (Fsp3) is 0.0455. The van der Waals surface area contributed by atoms with E-state index < -0.39 is 5.91 Å². The van der Waals surface area contributed by atoms with Crippen LogP contribution in [-0.2, 0) is 0 Å². The molecule has 7 nitrogen and oxygen atoms in total. The Bertz CT molecular complexity index is 1130. The van der Waals surface area contributed by atoms with Crippen molar-refractivity contribution in [1.29, 1.82) is 0 Å². The maximum absolute atomic E-state index is 12.6. The zero-order chi connectivity index (χ0) is 20.9. The molecule has 2 N–H and O–H groups in total. The van der Waals surface area contributed by atoms with Gasteiger partial charge in [-0.25, -0.2) is 5.43 Å². The summed E-state index contributed by atoms with van der Waals surface area (Å²) in [5, 5.41) is 7.26. The number of amides is 2. The first kappa shape index (κ1) is 19.5. The minimum atomic E-state index is -0.459. The van der Waals surface area contributed by atoms with Gasteiger partial charge >= 0.3 is 0 Å². The van der Waals surface area contributed by atoms with Crippen molar-refractivity contribution < 1.29 is 19.1 Å². The SMILES string of the molecule is O=C(Nc1ccccc1C(=O)N/N=C\c1ccc2c(c1)OCO2)c1ccc(Cl)cc1. The van der Waals surface area contributed by atoms with Crippen LogP contribution in [0.1, 0.15) is 26.3 Å². The van der Waals surface area contributed by atoms with Gasteiger partial charge in [-0.1, -0.05) is 23.7 Å². The summed E-state index contributed by atoms with van der Waals surface area (Å²) in [6, 6.07) is 18.5. The quantitative estimate of drug-likeness (QED) is 0.479. The predicted molar refractivity (Wildman–Crippen MR) is 113 cm³/mol. The van der Waals surface area contributed by atoms with E-state index in [4.69, 9.17) is 21.1 Å². The van der Waals surface area contributed by atoms with Crippen LogP contribution in [0, 0.1) is 0 Å². The molecule has 4 rings (SSSR count). The van der Waals surface area contributed by atoms with Crippen molar-refractivity contribution in [2.45, 2.75) is 0 Å². The molecule has 3 aromatic rings. The number of carbonyl (C=O) groups excluding carboxylic acids is 2. The van der Waals surface area contributed by atoms with Crippen molar-refractivity contribution in [3.63, 3.8) is 0 Å². The highest BCUT2D eigenvalue weighted by molar-refractivity contribution is 6.30. The van der Waals surface area contributed by atoms with Gasteiger partial charge in [0.1, 0.15) is 0 Å². The first-order valence-corrected chi connectivity index (χ1v) is 9.37. The second-order valence-electron chi connectivity index (χ2n) is 6.32. The van der Waals surface area contributed by atoms with E-state index in [1.54, 1.807) is 66.7 Å². The number of hydrogen-bond donors (Lipinski definition) is 2. The number of nitrogens with zero attached hydrogens (tertiary/aromatic N) is 1. The molecule has 0 aliphatic carbocycles. The van der Waals surface area contributed by atoms with Gasteiger partial charge in [0.25, 0.3) is 11.8 Å². The van der Waals surface area contributed by atoms with Gasteiger partial charge in [-0.2, -0.15) is 5.10 Å². The van der Waals surface area contributed by atoms with Crippen LogP contribution < -0.4 is 20.2 Å². The van der Waals surface area contributed by atoms with E-state index in [0.29, 0.717) is 27.8 Å². The minimum Gasteiger partial charge on any atom is -0.454 e. The molecular formula is C22H16ClN3O4. The Morgan fingerprint density at radius 1 is 0.933 bits per heavy atom. The molecule has 8 heteroatoms. The number of rotatable bonds is 5. The standard InChI is InChI=1S/C22H16ClN3O4/c23-16-8-6-15(7-9-16)21(27)25-18-4-2-1-3-17(18)22(28)26-24-12-14-5-10-19-20(11-14)30-13-29-19/h1-12H,13H2,(H,25,27)(H,26,28)/b24-12-. The summed E-state index contributed by atoms with van der Waals surface area (Å²) in [6.07, 6.45) is 1.49. The van der Waals surface area contributed by atoms with Crippen molar-refractivity contribution in [2.24, 2.45) is 5.10 Å². The number of anilines is 1. The number of benzene rings is 3. The summed E-state index contributed by atoms with van der Waals surface area (Å²) in [5.41, 5.74) is 4.28. The fourth-order valence-corrected chi connectivity index (χ4v) is 2.93. The third-order valence-electron chi connectivity index (χ3n) is 4.30. The minimum absolute atomic E-state index is 0.186. The van der Waals surface area contributed by atoms with Gasteiger partial charge < -0.3 is 14.8 Å².